The lowest BCUT2D eigenvalue weighted by atomic mass is 10.0. The third kappa shape index (κ3) is 4.40. The van der Waals surface area contributed by atoms with Gasteiger partial charge in [-0.15, -0.1) is 0 Å². The fourth-order valence-electron chi connectivity index (χ4n) is 3.65. The van der Waals surface area contributed by atoms with Crippen LogP contribution in [0.3, 0.4) is 0 Å². The maximum absolute atomic E-state index is 13.3. The minimum absolute atomic E-state index is 0.0925. The van der Waals surface area contributed by atoms with Crippen LogP contribution in [0.1, 0.15) is 39.9 Å². The van der Waals surface area contributed by atoms with Gasteiger partial charge in [0.05, 0.1) is 24.7 Å². The van der Waals surface area contributed by atoms with Crippen molar-refractivity contribution >= 4 is 28.7 Å². The Bertz CT molecular complexity index is 924. The Labute approximate surface area is 172 Å². The van der Waals surface area contributed by atoms with Crippen LogP contribution in [0.15, 0.2) is 6.33 Å². The Kier molecular flexibility index (Phi) is 6.59. The molecule has 0 aromatic carbocycles. The number of hydrogen-bond acceptors (Lipinski definition) is 7. The summed E-state index contributed by atoms with van der Waals surface area (Å²) in [5.41, 5.74) is 0.426. The van der Waals surface area contributed by atoms with Gasteiger partial charge in [-0.25, -0.2) is 23.7 Å². The summed E-state index contributed by atoms with van der Waals surface area (Å²) in [6.45, 7) is 8.00. The van der Waals surface area contributed by atoms with Crippen LogP contribution in [-0.2, 0) is 20.9 Å². The highest BCUT2D eigenvalue weighted by Gasteiger charge is 2.31. The Morgan fingerprint density at radius 3 is 2.53 bits per heavy atom. The number of alkyl halides is 2. The van der Waals surface area contributed by atoms with E-state index in [-0.39, 0.29) is 54.0 Å². The quantitative estimate of drug-likeness (QED) is 0.679. The second-order valence-electron chi connectivity index (χ2n) is 7.45. The normalized spacial score (nSPS) is 20.6. The van der Waals surface area contributed by atoms with Gasteiger partial charge in [0.25, 0.3) is 6.43 Å². The topological polar surface area (TPSA) is 102 Å². The second-order valence-corrected chi connectivity index (χ2v) is 7.45. The van der Waals surface area contributed by atoms with Crippen molar-refractivity contribution in [3.05, 3.63) is 12.2 Å². The smallest absolute Gasteiger partial charge is 0.295 e. The van der Waals surface area contributed by atoms with Gasteiger partial charge in [0, 0.05) is 19.6 Å². The number of nitrogens with zero attached hydrogens (tertiary/aromatic N) is 5. The number of halogens is 2. The van der Waals surface area contributed by atoms with Gasteiger partial charge < -0.3 is 19.5 Å². The number of hydrogen-bond donors (Lipinski definition) is 1. The highest BCUT2D eigenvalue weighted by Crippen LogP contribution is 2.26. The molecule has 1 aliphatic heterocycles. The van der Waals surface area contributed by atoms with Crippen LogP contribution in [-0.4, -0.2) is 68.0 Å². The number of Topliss-reactive ketones (excluding diaryl/α,β-unsaturated/α-hetero) is 1. The number of amides is 1. The van der Waals surface area contributed by atoms with E-state index in [0.29, 0.717) is 13.1 Å². The van der Waals surface area contributed by atoms with Gasteiger partial charge in [-0.1, -0.05) is 0 Å². The van der Waals surface area contributed by atoms with Crippen molar-refractivity contribution in [2.75, 3.05) is 25.0 Å². The molecule has 0 radical (unpaired) electrons. The van der Waals surface area contributed by atoms with Gasteiger partial charge in [-0.3, -0.25) is 9.59 Å². The number of imidazole rings is 1. The molecular weight excluding hydrogens is 398 g/mol. The SMILES string of the molecule is CCn1c(C(F)F)nc2c(NCC(=O)C(C)C(=O)N3CC(C)OC(C)C3)ncnc21. The predicted molar refractivity (Wildman–Crippen MR) is 105 cm³/mol. The summed E-state index contributed by atoms with van der Waals surface area (Å²) in [5, 5.41) is 2.83. The van der Waals surface area contributed by atoms with Gasteiger partial charge in [-0.05, 0) is 27.7 Å². The molecule has 0 aliphatic carbocycles. The molecule has 3 rings (SSSR count). The lowest BCUT2D eigenvalue weighted by molar-refractivity contribution is -0.149. The summed E-state index contributed by atoms with van der Waals surface area (Å²) < 4.78 is 33.5. The van der Waals surface area contributed by atoms with Gasteiger partial charge in [0.1, 0.15) is 6.33 Å². The van der Waals surface area contributed by atoms with E-state index in [0.717, 1.165) is 0 Å². The summed E-state index contributed by atoms with van der Waals surface area (Å²) in [7, 11) is 0. The van der Waals surface area contributed by atoms with E-state index >= 15 is 0 Å². The summed E-state index contributed by atoms with van der Waals surface area (Å²) in [6, 6.07) is 0. The van der Waals surface area contributed by atoms with E-state index in [1.54, 1.807) is 18.7 Å². The standard InChI is InChI=1S/C19H26F2N6O3/c1-5-27-17-14(25-18(27)15(20)21)16(23-9-24-17)22-6-13(28)12(4)19(29)26-7-10(2)30-11(3)8-26/h9-12,15H,5-8H2,1-4H3,(H,22,23,24). The van der Waals surface area contributed by atoms with E-state index in [4.69, 9.17) is 4.74 Å². The third-order valence-electron chi connectivity index (χ3n) is 5.09. The van der Waals surface area contributed by atoms with Crippen molar-refractivity contribution in [3.63, 3.8) is 0 Å². The highest BCUT2D eigenvalue weighted by atomic mass is 19.3. The molecule has 0 saturated carbocycles. The number of rotatable bonds is 7. The first kappa shape index (κ1) is 22.0. The molecule has 9 nitrogen and oxygen atoms in total. The molecule has 0 spiro atoms. The monoisotopic (exact) mass is 424 g/mol. The molecule has 3 unspecified atom stereocenters. The minimum atomic E-state index is -2.76. The van der Waals surface area contributed by atoms with Crippen molar-refractivity contribution in [3.8, 4) is 0 Å². The average Bonchev–Trinajstić information content (AvgIpc) is 3.09. The lowest BCUT2D eigenvalue weighted by Crippen LogP contribution is -2.51. The maximum atomic E-state index is 13.3. The van der Waals surface area contributed by atoms with E-state index in [1.807, 2.05) is 13.8 Å². The molecule has 164 valence electrons. The molecule has 0 bridgehead atoms. The molecule has 30 heavy (non-hydrogen) atoms. The molecule has 2 aromatic rings. The fraction of sp³-hybridized carbons (Fsp3) is 0.632. The molecule has 3 heterocycles. The number of fused-ring (bicyclic) bond motifs is 1. The van der Waals surface area contributed by atoms with Crippen LogP contribution in [0.4, 0.5) is 14.6 Å². The number of carbonyl (C=O) groups is 2. The van der Waals surface area contributed by atoms with Gasteiger partial charge in [-0.2, -0.15) is 0 Å². The highest BCUT2D eigenvalue weighted by molar-refractivity contribution is 6.03. The first-order valence-electron chi connectivity index (χ1n) is 9.93. The number of anilines is 1. The zero-order chi connectivity index (χ0) is 22.0. The molecule has 1 N–H and O–H groups in total. The summed E-state index contributed by atoms with van der Waals surface area (Å²) >= 11 is 0. The van der Waals surface area contributed by atoms with Crippen molar-refractivity contribution in [1.82, 2.24) is 24.4 Å². The van der Waals surface area contributed by atoms with Crippen LogP contribution >= 0.6 is 0 Å². The second kappa shape index (κ2) is 8.99. The molecule has 2 aromatic heterocycles. The summed E-state index contributed by atoms with van der Waals surface area (Å²) in [6.07, 6.45) is -1.72. The minimum Gasteiger partial charge on any atom is -0.372 e. The number of nitrogens with one attached hydrogen (secondary N) is 1. The van der Waals surface area contributed by atoms with Crippen LogP contribution in [0.2, 0.25) is 0 Å². The number of morpholine rings is 1. The number of aryl methyl sites for hydroxylation is 1. The zero-order valence-corrected chi connectivity index (χ0v) is 17.4. The van der Waals surface area contributed by atoms with E-state index in [2.05, 4.69) is 20.3 Å². The fourth-order valence-corrected chi connectivity index (χ4v) is 3.65. The number of ether oxygens (including phenoxy) is 1. The first-order valence-corrected chi connectivity index (χ1v) is 9.93. The Morgan fingerprint density at radius 2 is 1.93 bits per heavy atom. The zero-order valence-electron chi connectivity index (χ0n) is 17.4. The first-order chi connectivity index (χ1) is 14.2. The van der Waals surface area contributed by atoms with E-state index < -0.39 is 18.2 Å². The van der Waals surface area contributed by atoms with Crippen molar-refractivity contribution in [2.24, 2.45) is 5.92 Å². The van der Waals surface area contributed by atoms with Crippen molar-refractivity contribution < 1.29 is 23.1 Å². The molecule has 3 atom stereocenters. The molecule has 1 aliphatic rings. The number of ketones is 1. The predicted octanol–water partition coefficient (Wildman–Crippen LogP) is 2.04. The molecule has 1 fully saturated rings. The van der Waals surface area contributed by atoms with Crippen LogP contribution in [0, 0.1) is 5.92 Å². The molecule has 1 saturated heterocycles. The van der Waals surface area contributed by atoms with Gasteiger partial charge >= 0.3 is 0 Å². The van der Waals surface area contributed by atoms with Crippen LogP contribution in [0.25, 0.3) is 11.2 Å². The van der Waals surface area contributed by atoms with Crippen molar-refractivity contribution in [1.29, 1.82) is 0 Å². The van der Waals surface area contributed by atoms with E-state index in [9.17, 15) is 18.4 Å². The Balaban J connectivity index is 1.71. The molecular formula is C19H26F2N6O3. The molecule has 11 heteroatoms. The summed E-state index contributed by atoms with van der Waals surface area (Å²) in [5.74, 6) is -1.66. The van der Waals surface area contributed by atoms with Crippen LogP contribution < -0.4 is 5.32 Å². The number of carbonyl (C=O) groups excluding carboxylic acids is 2. The van der Waals surface area contributed by atoms with Crippen molar-refractivity contribution in [2.45, 2.75) is 52.9 Å². The maximum Gasteiger partial charge on any atom is 0.295 e. The average molecular weight is 424 g/mol. The Hall–Kier alpha value is -2.69. The molecule has 1 amide bonds. The summed E-state index contributed by atoms with van der Waals surface area (Å²) in [4.78, 5) is 39.0. The lowest BCUT2D eigenvalue weighted by Gasteiger charge is -2.36. The van der Waals surface area contributed by atoms with E-state index in [1.165, 1.54) is 10.9 Å². The number of aromatic nitrogens is 4. The largest absolute Gasteiger partial charge is 0.372 e. The Morgan fingerprint density at radius 1 is 1.27 bits per heavy atom. The third-order valence-corrected chi connectivity index (χ3v) is 5.09. The van der Waals surface area contributed by atoms with Gasteiger partial charge in [0.2, 0.25) is 5.91 Å². The van der Waals surface area contributed by atoms with Crippen LogP contribution in [0.5, 0.6) is 0 Å². The van der Waals surface area contributed by atoms with Gasteiger partial charge in [0.15, 0.2) is 28.6 Å².